The molecule has 0 fully saturated rings. The zero-order valence-electron chi connectivity index (χ0n) is 21.6. The molecule has 6 rings (SSSR count). The van der Waals surface area contributed by atoms with Crippen LogP contribution in [0, 0.1) is 0 Å². The zero-order chi connectivity index (χ0) is 26.3. The van der Waals surface area contributed by atoms with Gasteiger partial charge in [0, 0.05) is 29.1 Å². The minimum absolute atomic E-state index is 0.862. The lowest BCUT2D eigenvalue weighted by Crippen LogP contribution is -2.35. The average Bonchev–Trinajstić information content (AvgIpc) is 3.51. The molecule has 0 radical (unpaired) electrons. The SMILES string of the molecule is C(/C=C/C=C/C=C/c1sc2ccccc2[n+]1Cc1ccccc1)=C1/Sc2ccccc2N1Cc1ccccc1. The van der Waals surface area contributed by atoms with Crippen molar-refractivity contribution in [3.63, 3.8) is 0 Å². The number of nitrogens with zero attached hydrogens (tertiary/aromatic N) is 2. The average molecular weight is 542 g/mol. The summed E-state index contributed by atoms with van der Waals surface area (Å²) in [5, 5.41) is 2.49. The van der Waals surface area contributed by atoms with Gasteiger partial charge in [0.15, 0.2) is 6.54 Å². The molecule has 190 valence electrons. The van der Waals surface area contributed by atoms with E-state index in [0.29, 0.717) is 0 Å². The van der Waals surface area contributed by atoms with Gasteiger partial charge in [0.1, 0.15) is 4.70 Å². The van der Waals surface area contributed by atoms with Crippen molar-refractivity contribution < 1.29 is 4.57 Å². The topological polar surface area (TPSA) is 7.12 Å². The molecule has 0 unspecified atom stereocenters. The Hall–Kier alpha value is -4.12. The molecule has 39 heavy (non-hydrogen) atoms. The Balaban J connectivity index is 1.16. The number of fused-ring (bicyclic) bond motifs is 2. The van der Waals surface area contributed by atoms with Gasteiger partial charge in [-0.15, -0.1) is 0 Å². The first-order valence-electron chi connectivity index (χ1n) is 13.1. The lowest BCUT2D eigenvalue weighted by molar-refractivity contribution is -0.659. The van der Waals surface area contributed by atoms with E-state index in [2.05, 4.69) is 161 Å². The molecule has 2 heterocycles. The summed E-state index contributed by atoms with van der Waals surface area (Å²) in [5.74, 6) is 0. The summed E-state index contributed by atoms with van der Waals surface area (Å²) >= 11 is 3.66. The third kappa shape index (κ3) is 5.98. The lowest BCUT2D eigenvalue weighted by Gasteiger charge is -2.20. The van der Waals surface area contributed by atoms with Gasteiger partial charge in [-0.1, -0.05) is 138 Å². The molecule has 0 bridgehead atoms. The maximum absolute atomic E-state index is 2.40. The van der Waals surface area contributed by atoms with Gasteiger partial charge in [-0.3, -0.25) is 0 Å². The Labute approximate surface area is 238 Å². The maximum atomic E-state index is 2.40. The van der Waals surface area contributed by atoms with Gasteiger partial charge in [0.05, 0.1) is 10.7 Å². The van der Waals surface area contributed by atoms with Crippen LogP contribution in [0.1, 0.15) is 16.1 Å². The monoisotopic (exact) mass is 541 g/mol. The Morgan fingerprint density at radius 2 is 1.31 bits per heavy atom. The number of thioether (sulfide) groups is 1. The predicted molar refractivity (Wildman–Crippen MR) is 168 cm³/mol. The Morgan fingerprint density at radius 1 is 0.641 bits per heavy atom. The molecule has 5 aromatic rings. The van der Waals surface area contributed by atoms with Gasteiger partial charge >= 0.3 is 0 Å². The van der Waals surface area contributed by atoms with E-state index in [4.69, 9.17) is 0 Å². The van der Waals surface area contributed by atoms with Crippen LogP contribution >= 0.6 is 23.1 Å². The molecule has 0 aliphatic carbocycles. The van der Waals surface area contributed by atoms with E-state index >= 15 is 0 Å². The fourth-order valence-electron chi connectivity index (χ4n) is 4.68. The first kappa shape index (κ1) is 25.2. The van der Waals surface area contributed by atoms with Crippen molar-refractivity contribution in [1.82, 2.24) is 0 Å². The number of benzene rings is 4. The number of hydrogen-bond donors (Lipinski definition) is 0. The predicted octanol–water partition coefficient (Wildman–Crippen LogP) is 9.02. The summed E-state index contributed by atoms with van der Waals surface area (Å²) in [6.07, 6.45) is 15.0. The fraction of sp³-hybridized carbons (Fsp3) is 0.0571. The van der Waals surface area contributed by atoms with E-state index < -0.39 is 0 Å². The summed E-state index contributed by atoms with van der Waals surface area (Å²) in [7, 11) is 0. The fourth-order valence-corrected chi connectivity index (χ4v) is 6.83. The third-order valence-corrected chi connectivity index (χ3v) is 8.82. The Bertz CT molecular complexity index is 1680. The van der Waals surface area contributed by atoms with Crippen LogP contribution < -0.4 is 9.47 Å². The summed E-state index contributed by atoms with van der Waals surface area (Å²) in [4.78, 5) is 3.70. The first-order valence-corrected chi connectivity index (χ1v) is 14.7. The number of para-hydroxylation sites is 2. The Morgan fingerprint density at radius 3 is 2.15 bits per heavy atom. The number of hydrogen-bond acceptors (Lipinski definition) is 3. The summed E-state index contributed by atoms with van der Waals surface area (Å²) < 4.78 is 3.70. The normalized spacial score (nSPS) is 14.5. The summed E-state index contributed by atoms with van der Waals surface area (Å²) in [6.45, 7) is 1.72. The van der Waals surface area contributed by atoms with Crippen molar-refractivity contribution in [2.45, 2.75) is 18.0 Å². The molecule has 1 aromatic heterocycles. The van der Waals surface area contributed by atoms with Gasteiger partial charge in [-0.2, -0.15) is 4.57 Å². The van der Waals surface area contributed by atoms with Crippen molar-refractivity contribution in [1.29, 1.82) is 0 Å². The van der Waals surface area contributed by atoms with Crippen LogP contribution in [0.3, 0.4) is 0 Å². The Kier molecular flexibility index (Phi) is 7.85. The maximum Gasteiger partial charge on any atom is 0.263 e. The standard InChI is InChI=1S/C35H29N2S2/c1(2-10-24-34-36(26-28-16-6-4-7-17-28)30-20-12-14-22-32(30)38-34)3-11-25-35-37(27-29-18-8-5-9-19-29)31-21-13-15-23-33(31)39-35/h1-25H,26-27H2/q+1. The molecule has 0 atom stereocenters. The molecule has 4 heteroatoms. The molecule has 0 spiro atoms. The number of anilines is 1. The first-order chi connectivity index (χ1) is 19.3. The van der Waals surface area contributed by atoms with Crippen LogP contribution in [0.5, 0.6) is 0 Å². The minimum atomic E-state index is 0.862. The highest BCUT2D eigenvalue weighted by Crippen LogP contribution is 2.46. The summed E-state index contributed by atoms with van der Waals surface area (Å²) in [6, 6.07) is 38.6. The number of thiazole rings is 1. The van der Waals surface area contributed by atoms with Crippen LogP contribution in [0.25, 0.3) is 16.3 Å². The molecule has 4 aromatic carbocycles. The summed E-state index contributed by atoms with van der Waals surface area (Å²) in [5.41, 5.74) is 5.16. The number of aromatic nitrogens is 1. The van der Waals surface area contributed by atoms with E-state index in [9.17, 15) is 0 Å². The van der Waals surface area contributed by atoms with E-state index in [1.165, 1.54) is 42.0 Å². The van der Waals surface area contributed by atoms with Crippen LogP contribution in [0.15, 0.2) is 156 Å². The lowest BCUT2D eigenvalue weighted by atomic mass is 10.2. The quantitative estimate of drug-likeness (QED) is 0.143. The number of rotatable bonds is 8. The molecule has 0 amide bonds. The van der Waals surface area contributed by atoms with Crippen molar-refractivity contribution in [2.75, 3.05) is 4.90 Å². The van der Waals surface area contributed by atoms with E-state index in [-0.39, 0.29) is 0 Å². The van der Waals surface area contributed by atoms with Gasteiger partial charge in [-0.05, 0) is 29.8 Å². The highest BCUT2D eigenvalue weighted by atomic mass is 32.2. The second-order valence-electron chi connectivity index (χ2n) is 9.26. The highest BCUT2D eigenvalue weighted by molar-refractivity contribution is 8.03. The van der Waals surface area contributed by atoms with Crippen molar-refractivity contribution in [3.8, 4) is 0 Å². The molecule has 0 saturated heterocycles. The molecule has 0 saturated carbocycles. The molecule has 1 aliphatic rings. The van der Waals surface area contributed by atoms with E-state index in [1.807, 2.05) is 23.1 Å². The van der Waals surface area contributed by atoms with E-state index in [0.717, 1.165) is 13.1 Å². The zero-order valence-corrected chi connectivity index (χ0v) is 23.2. The molecule has 0 N–H and O–H groups in total. The van der Waals surface area contributed by atoms with Gasteiger partial charge in [0.2, 0.25) is 5.52 Å². The van der Waals surface area contributed by atoms with Gasteiger partial charge < -0.3 is 4.90 Å². The van der Waals surface area contributed by atoms with Crippen molar-refractivity contribution in [3.05, 3.63) is 167 Å². The van der Waals surface area contributed by atoms with Gasteiger partial charge in [0.25, 0.3) is 5.01 Å². The number of allylic oxidation sites excluding steroid dienone is 6. The minimum Gasteiger partial charge on any atom is -0.331 e. The van der Waals surface area contributed by atoms with Crippen LogP contribution in [0.4, 0.5) is 5.69 Å². The van der Waals surface area contributed by atoms with E-state index in [1.54, 1.807) is 0 Å². The van der Waals surface area contributed by atoms with Crippen molar-refractivity contribution >= 4 is 45.1 Å². The molecular formula is C35H29N2S2+. The molecule has 2 nitrogen and oxygen atoms in total. The van der Waals surface area contributed by atoms with Crippen LogP contribution in [-0.2, 0) is 13.1 Å². The molecular weight excluding hydrogens is 513 g/mol. The smallest absolute Gasteiger partial charge is 0.263 e. The van der Waals surface area contributed by atoms with Crippen molar-refractivity contribution in [2.24, 2.45) is 0 Å². The van der Waals surface area contributed by atoms with Crippen LogP contribution in [0.2, 0.25) is 0 Å². The molecule has 1 aliphatic heterocycles. The van der Waals surface area contributed by atoms with Gasteiger partial charge in [-0.25, -0.2) is 0 Å². The second-order valence-corrected chi connectivity index (χ2v) is 11.4. The second kappa shape index (κ2) is 12.2. The largest absolute Gasteiger partial charge is 0.331 e. The third-order valence-electron chi connectivity index (χ3n) is 6.56. The van der Waals surface area contributed by atoms with Crippen LogP contribution in [-0.4, -0.2) is 0 Å². The highest BCUT2D eigenvalue weighted by Gasteiger charge is 2.24.